The highest BCUT2D eigenvalue weighted by atomic mass is 79.9. The fourth-order valence-electron chi connectivity index (χ4n) is 2.34. The van der Waals surface area contributed by atoms with Crippen molar-refractivity contribution in [2.45, 2.75) is 6.42 Å². The third-order valence-electron chi connectivity index (χ3n) is 3.37. The number of benzene rings is 1. The first-order chi connectivity index (χ1) is 9.20. The summed E-state index contributed by atoms with van der Waals surface area (Å²) in [4.78, 5) is 16.6. The molecule has 5 heteroatoms. The third kappa shape index (κ3) is 3.94. The first kappa shape index (κ1) is 14.3. The predicted octanol–water partition coefficient (Wildman–Crippen LogP) is 1.94. The van der Waals surface area contributed by atoms with Crippen molar-refractivity contribution in [2.24, 2.45) is 0 Å². The molecule has 1 amide bonds. The standard InChI is InChI=1S/C14H19BrN2O2/c15-5-8-16-6-2-7-17(10-9-16)14(19)12-3-1-4-13(18)11-12/h1,3-4,11,18H,2,5-10H2. The molecule has 1 aliphatic rings. The van der Waals surface area contributed by atoms with Crippen LogP contribution in [-0.2, 0) is 0 Å². The maximum Gasteiger partial charge on any atom is 0.254 e. The van der Waals surface area contributed by atoms with Crippen LogP contribution in [0.2, 0.25) is 0 Å². The fraction of sp³-hybridized carbons (Fsp3) is 0.500. The zero-order chi connectivity index (χ0) is 13.7. The molecular weight excluding hydrogens is 308 g/mol. The number of aromatic hydroxyl groups is 1. The number of hydrogen-bond donors (Lipinski definition) is 1. The Morgan fingerprint density at radius 2 is 2.11 bits per heavy atom. The number of phenols is 1. The van der Waals surface area contributed by atoms with Crippen LogP contribution >= 0.6 is 15.9 Å². The molecule has 1 N–H and O–H groups in total. The summed E-state index contributed by atoms with van der Waals surface area (Å²) in [6.45, 7) is 4.51. The minimum absolute atomic E-state index is 0.0107. The number of carbonyl (C=O) groups excluding carboxylic acids is 1. The lowest BCUT2D eigenvalue weighted by molar-refractivity contribution is 0.0761. The van der Waals surface area contributed by atoms with E-state index >= 15 is 0 Å². The van der Waals surface area contributed by atoms with Gasteiger partial charge in [0.1, 0.15) is 5.75 Å². The number of carbonyl (C=O) groups is 1. The number of halogens is 1. The van der Waals surface area contributed by atoms with Gasteiger partial charge >= 0.3 is 0 Å². The SMILES string of the molecule is O=C(c1cccc(O)c1)N1CCCN(CCBr)CC1. The van der Waals surface area contributed by atoms with Crippen molar-refractivity contribution in [1.82, 2.24) is 9.80 Å². The van der Waals surface area contributed by atoms with Crippen LogP contribution in [0.5, 0.6) is 5.75 Å². The lowest BCUT2D eigenvalue weighted by atomic mass is 10.2. The van der Waals surface area contributed by atoms with Gasteiger partial charge in [-0.1, -0.05) is 22.0 Å². The third-order valence-corrected chi connectivity index (χ3v) is 3.72. The van der Waals surface area contributed by atoms with Crippen LogP contribution in [0.15, 0.2) is 24.3 Å². The second kappa shape index (κ2) is 6.91. The summed E-state index contributed by atoms with van der Waals surface area (Å²) in [7, 11) is 0. The van der Waals surface area contributed by atoms with Crippen molar-refractivity contribution in [3.05, 3.63) is 29.8 Å². The Balaban J connectivity index is 2.00. The van der Waals surface area contributed by atoms with Crippen LogP contribution in [0.25, 0.3) is 0 Å². The summed E-state index contributed by atoms with van der Waals surface area (Å²) < 4.78 is 0. The highest BCUT2D eigenvalue weighted by Gasteiger charge is 2.20. The topological polar surface area (TPSA) is 43.8 Å². The minimum atomic E-state index is 0.0107. The van der Waals surface area contributed by atoms with Gasteiger partial charge in [-0.25, -0.2) is 0 Å². The van der Waals surface area contributed by atoms with Crippen molar-refractivity contribution in [3.63, 3.8) is 0 Å². The van der Waals surface area contributed by atoms with Gasteiger partial charge in [0.25, 0.3) is 5.91 Å². The number of hydrogen-bond acceptors (Lipinski definition) is 3. The molecule has 1 aliphatic heterocycles. The maximum absolute atomic E-state index is 12.4. The number of alkyl halides is 1. The molecule has 19 heavy (non-hydrogen) atoms. The number of amides is 1. The summed E-state index contributed by atoms with van der Waals surface area (Å²) in [5.41, 5.74) is 0.564. The highest BCUT2D eigenvalue weighted by Crippen LogP contribution is 2.14. The smallest absolute Gasteiger partial charge is 0.254 e. The molecule has 0 spiro atoms. The van der Waals surface area contributed by atoms with Crippen LogP contribution < -0.4 is 0 Å². The summed E-state index contributed by atoms with van der Waals surface area (Å²) in [6.07, 6.45) is 0.998. The van der Waals surface area contributed by atoms with Crippen molar-refractivity contribution < 1.29 is 9.90 Å². The summed E-state index contributed by atoms with van der Waals surface area (Å²) in [5.74, 6) is 0.151. The molecule has 2 rings (SSSR count). The lowest BCUT2D eigenvalue weighted by Crippen LogP contribution is -2.35. The van der Waals surface area contributed by atoms with Crippen LogP contribution in [0, 0.1) is 0 Å². The van der Waals surface area contributed by atoms with Gasteiger partial charge in [0, 0.05) is 37.1 Å². The van der Waals surface area contributed by atoms with Gasteiger partial charge in [0.2, 0.25) is 0 Å². The molecule has 104 valence electrons. The number of rotatable bonds is 3. The Bertz CT molecular complexity index is 439. The Morgan fingerprint density at radius 1 is 1.26 bits per heavy atom. The van der Waals surface area contributed by atoms with Gasteiger partial charge in [-0.05, 0) is 31.2 Å². The second-order valence-electron chi connectivity index (χ2n) is 4.73. The van der Waals surface area contributed by atoms with E-state index in [4.69, 9.17) is 0 Å². The summed E-state index contributed by atoms with van der Waals surface area (Å²) in [5, 5.41) is 10.4. The zero-order valence-corrected chi connectivity index (χ0v) is 12.5. The van der Waals surface area contributed by atoms with E-state index in [-0.39, 0.29) is 11.7 Å². The van der Waals surface area contributed by atoms with Gasteiger partial charge in [0.05, 0.1) is 0 Å². The Kier molecular flexibility index (Phi) is 5.22. The lowest BCUT2D eigenvalue weighted by Gasteiger charge is -2.21. The molecule has 0 aromatic heterocycles. The second-order valence-corrected chi connectivity index (χ2v) is 5.52. The largest absolute Gasteiger partial charge is 0.508 e. The molecule has 0 saturated carbocycles. The predicted molar refractivity (Wildman–Crippen MR) is 78.9 cm³/mol. The van der Waals surface area contributed by atoms with E-state index in [9.17, 15) is 9.90 Å². The molecule has 1 fully saturated rings. The van der Waals surface area contributed by atoms with Gasteiger partial charge < -0.3 is 14.9 Å². The monoisotopic (exact) mass is 326 g/mol. The van der Waals surface area contributed by atoms with Gasteiger partial charge in [0.15, 0.2) is 0 Å². The Morgan fingerprint density at radius 3 is 2.84 bits per heavy atom. The molecule has 1 heterocycles. The van der Waals surface area contributed by atoms with Crippen LogP contribution in [0.4, 0.5) is 0 Å². The van der Waals surface area contributed by atoms with E-state index < -0.39 is 0 Å². The Labute approximate surface area is 122 Å². The Hall–Kier alpha value is -1.07. The average molecular weight is 327 g/mol. The first-order valence-corrected chi connectivity index (χ1v) is 7.69. The summed E-state index contributed by atoms with van der Waals surface area (Å²) >= 11 is 3.45. The molecule has 0 atom stereocenters. The van der Waals surface area contributed by atoms with E-state index in [1.54, 1.807) is 18.2 Å². The fourth-order valence-corrected chi connectivity index (χ4v) is 2.84. The molecule has 1 aromatic rings. The van der Waals surface area contributed by atoms with E-state index in [2.05, 4.69) is 20.8 Å². The van der Waals surface area contributed by atoms with Crippen molar-refractivity contribution in [3.8, 4) is 5.75 Å². The van der Waals surface area contributed by atoms with E-state index in [1.807, 2.05) is 4.90 Å². The van der Waals surface area contributed by atoms with Crippen molar-refractivity contribution >= 4 is 21.8 Å². The first-order valence-electron chi connectivity index (χ1n) is 6.57. The number of phenolic OH excluding ortho intramolecular Hbond substituents is 1. The van der Waals surface area contributed by atoms with E-state index in [0.717, 1.165) is 44.5 Å². The minimum Gasteiger partial charge on any atom is -0.508 e. The van der Waals surface area contributed by atoms with E-state index in [0.29, 0.717) is 5.56 Å². The quantitative estimate of drug-likeness (QED) is 0.863. The zero-order valence-electron chi connectivity index (χ0n) is 10.9. The van der Waals surface area contributed by atoms with E-state index in [1.165, 1.54) is 6.07 Å². The molecule has 0 bridgehead atoms. The molecule has 0 radical (unpaired) electrons. The molecule has 0 aliphatic carbocycles. The van der Waals surface area contributed by atoms with Crippen LogP contribution in [0.1, 0.15) is 16.8 Å². The maximum atomic E-state index is 12.4. The molecule has 1 aromatic carbocycles. The van der Waals surface area contributed by atoms with Gasteiger partial charge in [-0.2, -0.15) is 0 Å². The summed E-state index contributed by atoms with van der Waals surface area (Å²) in [6, 6.07) is 6.57. The normalized spacial score (nSPS) is 17.2. The van der Waals surface area contributed by atoms with Crippen molar-refractivity contribution in [1.29, 1.82) is 0 Å². The number of nitrogens with zero attached hydrogens (tertiary/aromatic N) is 2. The van der Waals surface area contributed by atoms with Gasteiger partial charge in [-0.15, -0.1) is 0 Å². The van der Waals surface area contributed by atoms with Crippen LogP contribution in [0.3, 0.4) is 0 Å². The average Bonchev–Trinajstić information content (AvgIpc) is 2.64. The van der Waals surface area contributed by atoms with Gasteiger partial charge in [-0.3, -0.25) is 4.79 Å². The molecule has 0 unspecified atom stereocenters. The highest BCUT2D eigenvalue weighted by molar-refractivity contribution is 9.09. The van der Waals surface area contributed by atoms with Crippen LogP contribution in [-0.4, -0.2) is 58.9 Å². The molecule has 1 saturated heterocycles. The molecule has 4 nitrogen and oxygen atoms in total. The van der Waals surface area contributed by atoms with Crippen molar-refractivity contribution in [2.75, 3.05) is 38.1 Å². The molecular formula is C14H19BrN2O2.